The summed E-state index contributed by atoms with van der Waals surface area (Å²) >= 11 is 0. The van der Waals surface area contributed by atoms with Crippen LogP contribution in [0.4, 0.5) is 0 Å². The Labute approximate surface area is 248 Å². The first-order valence-electron chi connectivity index (χ1n) is 15.6. The lowest BCUT2D eigenvalue weighted by molar-refractivity contribution is -0.117. The maximum atomic E-state index is 10.8. The number of carbonyl (C=O) groups excluding carboxylic acids is 2. The van der Waals surface area contributed by atoms with E-state index in [0.717, 1.165) is 37.5 Å². The van der Waals surface area contributed by atoms with Gasteiger partial charge in [-0.1, -0.05) is 120 Å². The Bertz CT molecular complexity index is 901. The Kier molecular flexibility index (Phi) is 27.2. The fourth-order valence-electron chi connectivity index (χ4n) is 4.30. The molecule has 0 aliphatic carbocycles. The lowest BCUT2D eigenvalue weighted by Crippen LogP contribution is -1.89. The van der Waals surface area contributed by atoms with Crippen LogP contribution in [0.15, 0.2) is 44.0 Å². The van der Waals surface area contributed by atoms with E-state index < -0.39 is 5.82 Å². The van der Waals surface area contributed by atoms with Gasteiger partial charge in [0.2, 0.25) is 0 Å². The fraction of sp³-hybridized carbons (Fsp3) is 0.676. The number of aliphatic hydroxyl groups is 1. The molecule has 1 aromatic heterocycles. The van der Waals surface area contributed by atoms with E-state index in [0.29, 0.717) is 17.3 Å². The molecule has 2 aromatic rings. The summed E-state index contributed by atoms with van der Waals surface area (Å²) < 4.78 is 13.9. The molecule has 41 heavy (non-hydrogen) atoms. The Hall–Kier alpha value is -2.51. The Morgan fingerprint density at radius 2 is 1.24 bits per heavy atom. The standard InChI is InChI=1S/C21H40O2.C7H8O.C6H8O4/c1-21(23)19-17-15-13-11-9-7-5-3-2-4-6-8-10-12-14-16-18-20-22;8-6-7-4-2-1-3-5-7;1-4-5(3-8-2)10-6(7)9-4/h20H,2-19H2,1H3;1-5,8H,6H2;3H2,1-2H3. The van der Waals surface area contributed by atoms with Crippen LogP contribution in [0.1, 0.15) is 140 Å². The maximum Gasteiger partial charge on any atom is 0.519 e. The van der Waals surface area contributed by atoms with E-state index >= 15 is 0 Å². The van der Waals surface area contributed by atoms with Crippen LogP contribution in [0.5, 0.6) is 0 Å². The molecule has 0 aliphatic rings. The number of aldehydes is 1. The highest BCUT2D eigenvalue weighted by atomic mass is 16.6. The summed E-state index contributed by atoms with van der Waals surface area (Å²) in [5, 5.41) is 8.54. The summed E-state index contributed by atoms with van der Waals surface area (Å²) in [4.78, 5) is 31.4. The minimum atomic E-state index is -0.676. The number of ether oxygens (including phenoxy) is 1. The van der Waals surface area contributed by atoms with Gasteiger partial charge in [0.05, 0.1) is 6.61 Å². The molecule has 0 saturated carbocycles. The minimum Gasteiger partial charge on any atom is -0.396 e. The molecule has 0 radical (unpaired) electrons. The van der Waals surface area contributed by atoms with Crippen LogP contribution in [0, 0.1) is 6.92 Å². The van der Waals surface area contributed by atoms with Gasteiger partial charge in [0.15, 0.2) is 5.76 Å². The molecule has 7 heteroatoms. The van der Waals surface area contributed by atoms with Crippen molar-refractivity contribution in [1.29, 1.82) is 0 Å². The van der Waals surface area contributed by atoms with Crippen molar-refractivity contribution in [3.8, 4) is 0 Å². The first-order valence-corrected chi connectivity index (χ1v) is 15.6. The predicted octanol–water partition coefficient (Wildman–Crippen LogP) is 8.66. The molecule has 1 aromatic carbocycles. The number of aryl methyl sites for hydroxylation is 1. The lowest BCUT2D eigenvalue weighted by Gasteiger charge is -2.03. The molecule has 0 amide bonds. The van der Waals surface area contributed by atoms with Crippen LogP contribution < -0.4 is 5.82 Å². The molecule has 0 saturated heterocycles. The average Bonchev–Trinajstić information content (AvgIpc) is 3.29. The minimum absolute atomic E-state index is 0.140. The second-order valence-corrected chi connectivity index (χ2v) is 10.6. The number of carbonyl (C=O) groups is 2. The second kappa shape index (κ2) is 29.0. The van der Waals surface area contributed by atoms with E-state index in [-0.39, 0.29) is 13.2 Å². The van der Waals surface area contributed by atoms with Gasteiger partial charge in [-0.05, 0) is 32.3 Å². The third kappa shape index (κ3) is 26.2. The number of unbranched alkanes of at least 4 members (excludes halogenated alkanes) is 16. The topological polar surface area (TPSA) is 107 Å². The summed E-state index contributed by atoms with van der Waals surface area (Å²) in [6.07, 6.45) is 23.7. The van der Waals surface area contributed by atoms with Gasteiger partial charge < -0.3 is 28.3 Å². The van der Waals surface area contributed by atoms with Crippen molar-refractivity contribution >= 4 is 12.1 Å². The summed E-state index contributed by atoms with van der Waals surface area (Å²) in [5.41, 5.74) is 0.965. The van der Waals surface area contributed by atoms with E-state index in [1.54, 1.807) is 13.8 Å². The van der Waals surface area contributed by atoms with E-state index in [1.165, 1.54) is 97.0 Å². The van der Waals surface area contributed by atoms with E-state index in [2.05, 4.69) is 8.83 Å². The highest BCUT2D eigenvalue weighted by molar-refractivity contribution is 5.75. The molecule has 7 nitrogen and oxygen atoms in total. The highest BCUT2D eigenvalue weighted by Crippen LogP contribution is 2.14. The summed E-state index contributed by atoms with van der Waals surface area (Å²) in [5.74, 6) is 0.590. The van der Waals surface area contributed by atoms with Crippen molar-refractivity contribution in [2.24, 2.45) is 0 Å². The zero-order valence-corrected chi connectivity index (χ0v) is 26.0. The van der Waals surface area contributed by atoms with Crippen LogP contribution in [-0.2, 0) is 27.5 Å². The van der Waals surface area contributed by atoms with Crippen molar-refractivity contribution < 1.29 is 28.3 Å². The van der Waals surface area contributed by atoms with E-state index in [1.807, 2.05) is 30.3 Å². The van der Waals surface area contributed by atoms with Crippen molar-refractivity contribution in [2.75, 3.05) is 7.11 Å². The smallest absolute Gasteiger partial charge is 0.396 e. The Morgan fingerprint density at radius 1 is 0.780 bits per heavy atom. The quantitative estimate of drug-likeness (QED) is 0.110. The molecule has 2 rings (SSSR count). The third-order valence-electron chi connectivity index (χ3n) is 6.74. The zero-order chi connectivity index (χ0) is 30.4. The van der Waals surface area contributed by atoms with E-state index in [4.69, 9.17) is 9.84 Å². The normalized spacial score (nSPS) is 10.3. The van der Waals surface area contributed by atoms with Crippen molar-refractivity contribution in [3.63, 3.8) is 0 Å². The van der Waals surface area contributed by atoms with Crippen LogP contribution in [0.2, 0.25) is 0 Å². The second-order valence-electron chi connectivity index (χ2n) is 10.6. The van der Waals surface area contributed by atoms with Gasteiger partial charge >= 0.3 is 5.82 Å². The molecule has 234 valence electrons. The maximum absolute atomic E-state index is 10.8. The number of rotatable bonds is 22. The molecular formula is C34H56O7. The summed E-state index contributed by atoms with van der Waals surface area (Å²) in [6, 6.07) is 9.52. The number of methoxy groups -OCH3 is 1. The van der Waals surface area contributed by atoms with Crippen LogP contribution in [0.25, 0.3) is 0 Å². The van der Waals surface area contributed by atoms with Gasteiger partial charge in [0.1, 0.15) is 24.4 Å². The van der Waals surface area contributed by atoms with Crippen LogP contribution in [0.3, 0.4) is 0 Å². The first-order chi connectivity index (χ1) is 19.9. The van der Waals surface area contributed by atoms with Gasteiger partial charge in [-0.3, -0.25) is 0 Å². The average molecular weight is 577 g/mol. The van der Waals surface area contributed by atoms with Crippen molar-refractivity contribution in [3.05, 3.63) is 58.0 Å². The highest BCUT2D eigenvalue weighted by Gasteiger charge is 2.06. The molecule has 0 spiro atoms. The van der Waals surface area contributed by atoms with Gasteiger partial charge in [-0.25, -0.2) is 4.79 Å². The molecular weight excluding hydrogens is 520 g/mol. The monoisotopic (exact) mass is 576 g/mol. The number of ketones is 1. The molecule has 0 bridgehead atoms. The van der Waals surface area contributed by atoms with Gasteiger partial charge in [-0.15, -0.1) is 0 Å². The summed E-state index contributed by atoms with van der Waals surface area (Å²) in [6.45, 7) is 3.76. The van der Waals surface area contributed by atoms with Crippen LogP contribution >= 0.6 is 0 Å². The SMILES string of the molecule is CC(=O)CCCCCCCCCCCCCCCCCCC=O.COCc1oc(=O)oc1C.OCc1ccccc1. The molecule has 1 heterocycles. The number of hydrogen-bond donors (Lipinski definition) is 1. The van der Waals surface area contributed by atoms with Gasteiger partial charge in [0.25, 0.3) is 0 Å². The van der Waals surface area contributed by atoms with Gasteiger partial charge in [0, 0.05) is 20.0 Å². The molecule has 0 aliphatic heterocycles. The first kappa shape index (κ1) is 38.5. The van der Waals surface area contributed by atoms with Crippen molar-refractivity contribution in [1.82, 2.24) is 0 Å². The Morgan fingerprint density at radius 3 is 1.59 bits per heavy atom. The predicted molar refractivity (Wildman–Crippen MR) is 165 cm³/mol. The summed E-state index contributed by atoms with van der Waals surface area (Å²) in [7, 11) is 1.52. The van der Waals surface area contributed by atoms with Crippen LogP contribution in [-0.4, -0.2) is 24.3 Å². The van der Waals surface area contributed by atoms with Crippen molar-refractivity contribution in [2.45, 2.75) is 143 Å². The zero-order valence-electron chi connectivity index (χ0n) is 26.0. The lowest BCUT2D eigenvalue weighted by atomic mass is 10.0. The third-order valence-corrected chi connectivity index (χ3v) is 6.74. The number of hydrogen-bond acceptors (Lipinski definition) is 7. The Balaban J connectivity index is 0.000000715. The number of Topliss-reactive ketones (excluding diaryl/α,β-unsaturated/α-hetero) is 1. The molecule has 1 N–H and O–H groups in total. The fourth-order valence-corrected chi connectivity index (χ4v) is 4.30. The molecule has 0 fully saturated rings. The number of benzene rings is 1. The molecule has 0 unspecified atom stereocenters. The molecule has 0 atom stereocenters. The number of aliphatic hydroxyl groups excluding tert-OH is 1. The largest absolute Gasteiger partial charge is 0.519 e. The van der Waals surface area contributed by atoms with E-state index in [9.17, 15) is 14.4 Å². The van der Waals surface area contributed by atoms with Gasteiger partial charge in [-0.2, -0.15) is 0 Å².